The Morgan fingerprint density at radius 3 is 3.19 bits per heavy atom. The topological polar surface area (TPSA) is 63.7 Å². The Hall–Kier alpha value is -1.25. The van der Waals surface area contributed by atoms with Gasteiger partial charge in [0, 0.05) is 31.8 Å². The monoisotopic (exact) mass is 395 g/mol. The molecule has 4 rings (SSSR count). The normalized spacial score (nSPS) is 26.6. The molecule has 140 valence electrons. The number of methoxy groups -OCH3 is 1. The van der Waals surface area contributed by atoms with Gasteiger partial charge in [-0.1, -0.05) is 22.9 Å². The molecular weight excluding hydrogens is 374 g/mol. The molecule has 3 heterocycles. The van der Waals surface area contributed by atoms with Crippen LogP contribution in [0.25, 0.3) is 10.2 Å². The fourth-order valence-electron chi connectivity index (χ4n) is 3.92. The third-order valence-corrected chi connectivity index (χ3v) is 6.41. The highest BCUT2D eigenvalue weighted by molar-refractivity contribution is 7.22. The minimum atomic E-state index is -0.159. The molecule has 1 amide bonds. The van der Waals surface area contributed by atoms with Gasteiger partial charge in [-0.3, -0.25) is 9.69 Å². The summed E-state index contributed by atoms with van der Waals surface area (Å²) in [4.78, 5) is 19.0. The average molecular weight is 396 g/mol. The van der Waals surface area contributed by atoms with Crippen LogP contribution >= 0.6 is 22.9 Å². The van der Waals surface area contributed by atoms with Crippen molar-refractivity contribution in [2.45, 2.75) is 31.0 Å². The number of piperidine rings is 1. The number of anilines is 1. The number of nitrogens with zero attached hydrogens (tertiary/aromatic N) is 2. The zero-order valence-corrected chi connectivity index (χ0v) is 16.2. The van der Waals surface area contributed by atoms with E-state index < -0.39 is 0 Å². The summed E-state index contributed by atoms with van der Waals surface area (Å²) in [5.74, 6) is -0.0618. The molecular formula is C18H22ClN3O3S. The first-order valence-corrected chi connectivity index (χ1v) is 10.0. The number of carbonyl (C=O) groups excluding carboxylic acids is 1. The van der Waals surface area contributed by atoms with Gasteiger partial charge >= 0.3 is 0 Å². The van der Waals surface area contributed by atoms with Crippen molar-refractivity contribution in [2.24, 2.45) is 0 Å². The molecule has 6 nitrogen and oxygen atoms in total. The molecule has 0 aliphatic carbocycles. The van der Waals surface area contributed by atoms with Gasteiger partial charge in [0.25, 0.3) is 0 Å². The third-order valence-electron chi connectivity index (χ3n) is 5.24. The molecule has 1 aromatic heterocycles. The molecule has 0 unspecified atom stereocenters. The van der Waals surface area contributed by atoms with Crippen LogP contribution in [0.3, 0.4) is 0 Å². The van der Waals surface area contributed by atoms with E-state index in [9.17, 15) is 4.79 Å². The predicted octanol–water partition coefficient (Wildman–Crippen LogP) is 3.16. The highest BCUT2D eigenvalue weighted by Crippen LogP contribution is 2.37. The van der Waals surface area contributed by atoms with Crippen LogP contribution in [0.15, 0.2) is 18.2 Å². The van der Waals surface area contributed by atoms with Crippen LogP contribution in [-0.2, 0) is 14.3 Å². The molecule has 2 aromatic rings. The lowest BCUT2D eigenvalue weighted by Gasteiger charge is -2.44. The van der Waals surface area contributed by atoms with Crippen molar-refractivity contribution in [2.75, 3.05) is 38.7 Å². The molecule has 26 heavy (non-hydrogen) atoms. The summed E-state index contributed by atoms with van der Waals surface area (Å²) in [6, 6.07) is 5.52. The second-order valence-corrected chi connectivity index (χ2v) is 8.37. The SMILES string of the molecule is CO[C@H]1CN(CC(=O)Nc2nc3ccc(Cl)cc3s2)CC[C@@]12CCCO2. The number of hydrogen-bond donors (Lipinski definition) is 1. The van der Waals surface area contributed by atoms with Crippen LogP contribution in [0.4, 0.5) is 5.13 Å². The Bertz CT molecular complexity index is 806. The number of halogens is 1. The molecule has 1 spiro atoms. The largest absolute Gasteiger partial charge is 0.377 e. The predicted molar refractivity (Wildman–Crippen MR) is 103 cm³/mol. The van der Waals surface area contributed by atoms with Crippen LogP contribution in [0.2, 0.25) is 5.02 Å². The minimum absolute atomic E-state index is 0.0103. The maximum atomic E-state index is 12.4. The van der Waals surface area contributed by atoms with E-state index in [4.69, 9.17) is 21.1 Å². The van der Waals surface area contributed by atoms with E-state index in [0.29, 0.717) is 23.2 Å². The Balaban J connectivity index is 1.37. The molecule has 0 bridgehead atoms. The standard InChI is InChI=1S/C18H22ClN3O3S/c1-24-15-10-22(7-6-18(15)5-2-8-25-18)11-16(23)21-17-20-13-4-3-12(19)9-14(13)26-17/h3-4,9,15H,2,5-8,10-11H2,1H3,(H,20,21,23)/t15-,18-/m0/s1. The van der Waals surface area contributed by atoms with Gasteiger partial charge < -0.3 is 14.8 Å². The summed E-state index contributed by atoms with van der Waals surface area (Å²) in [6.45, 7) is 2.68. The van der Waals surface area contributed by atoms with E-state index in [1.54, 1.807) is 13.2 Å². The average Bonchev–Trinajstić information content (AvgIpc) is 3.23. The molecule has 2 atom stereocenters. The van der Waals surface area contributed by atoms with Gasteiger partial charge in [-0.2, -0.15) is 0 Å². The summed E-state index contributed by atoms with van der Waals surface area (Å²) < 4.78 is 12.7. The molecule has 2 aliphatic heterocycles. The van der Waals surface area contributed by atoms with Gasteiger partial charge in [0.15, 0.2) is 5.13 Å². The number of thiazole rings is 1. The van der Waals surface area contributed by atoms with Crippen LogP contribution in [-0.4, -0.2) is 60.8 Å². The number of amides is 1. The number of fused-ring (bicyclic) bond motifs is 1. The number of rotatable bonds is 4. The van der Waals surface area contributed by atoms with Crippen LogP contribution in [0.1, 0.15) is 19.3 Å². The Labute approximate surface area is 161 Å². The molecule has 1 aromatic carbocycles. The first-order chi connectivity index (χ1) is 12.6. The molecule has 0 radical (unpaired) electrons. The Morgan fingerprint density at radius 1 is 1.54 bits per heavy atom. The molecule has 1 N–H and O–H groups in total. The highest BCUT2D eigenvalue weighted by Gasteiger charge is 2.46. The molecule has 2 aliphatic rings. The summed E-state index contributed by atoms with van der Waals surface area (Å²) in [5, 5.41) is 4.17. The second kappa shape index (κ2) is 7.40. The lowest BCUT2D eigenvalue weighted by molar-refractivity contribution is -0.145. The van der Waals surface area contributed by atoms with Crippen LogP contribution in [0.5, 0.6) is 0 Å². The van der Waals surface area contributed by atoms with E-state index in [-0.39, 0.29) is 17.6 Å². The van der Waals surface area contributed by atoms with Crippen molar-refractivity contribution >= 4 is 44.2 Å². The molecule has 2 saturated heterocycles. The smallest absolute Gasteiger partial charge is 0.240 e. The number of ether oxygens (including phenoxy) is 2. The summed E-state index contributed by atoms with van der Waals surface area (Å²) in [7, 11) is 1.73. The minimum Gasteiger partial charge on any atom is -0.377 e. The summed E-state index contributed by atoms with van der Waals surface area (Å²) in [6.07, 6.45) is 3.04. The Kier molecular flexibility index (Phi) is 5.16. The number of likely N-dealkylation sites (tertiary alicyclic amines) is 1. The van der Waals surface area contributed by atoms with Gasteiger partial charge in [0.05, 0.1) is 28.5 Å². The molecule has 0 saturated carbocycles. The van der Waals surface area contributed by atoms with Crippen LogP contribution in [0, 0.1) is 0 Å². The Morgan fingerprint density at radius 2 is 2.42 bits per heavy atom. The van der Waals surface area contributed by atoms with E-state index in [0.717, 1.165) is 42.6 Å². The van der Waals surface area contributed by atoms with Gasteiger partial charge in [0.1, 0.15) is 0 Å². The lowest BCUT2D eigenvalue weighted by atomic mass is 9.86. The maximum Gasteiger partial charge on any atom is 0.240 e. The van der Waals surface area contributed by atoms with E-state index >= 15 is 0 Å². The van der Waals surface area contributed by atoms with Gasteiger partial charge in [-0.25, -0.2) is 4.98 Å². The number of carbonyl (C=O) groups is 1. The van der Waals surface area contributed by atoms with Crippen molar-refractivity contribution in [1.29, 1.82) is 0 Å². The third kappa shape index (κ3) is 3.59. The number of aromatic nitrogens is 1. The number of hydrogen-bond acceptors (Lipinski definition) is 6. The van der Waals surface area contributed by atoms with Crippen molar-refractivity contribution < 1.29 is 14.3 Å². The first kappa shape index (κ1) is 18.1. The van der Waals surface area contributed by atoms with Gasteiger partial charge in [0.2, 0.25) is 5.91 Å². The quantitative estimate of drug-likeness (QED) is 0.861. The lowest BCUT2D eigenvalue weighted by Crippen LogP contribution is -2.57. The van der Waals surface area contributed by atoms with Crippen molar-refractivity contribution in [3.8, 4) is 0 Å². The number of benzene rings is 1. The highest BCUT2D eigenvalue weighted by atomic mass is 35.5. The van der Waals surface area contributed by atoms with Crippen molar-refractivity contribution in [1.82, 2.24) is 9.88 Å². The molecule has 2 fully saturated rings. The van der Waals surface area contributed by atoms with E-state index in [1.165, 1.54) is 11.3 Å². The first-order valence-electron chi connectivity index (χ1n) is 8.83. The van der Waals surface area contributed by atoms with E-state index in [2.05, 4.69) is 15.2 Å². The second-order valence-electron chi connectivity index (χ2n) is 6.91. The zero-order chi connectivity index (χ0) is 18.1. The fraction of sp³-hybridized carbons (Fsp3) is 0.556. The van der Waals surface area contributed by atoms with Gasteiger partial charge in [-0.15, -0.1) is 0 Å². The van der Waals surface area contributed by atoms with Crippen molar-refractivity contribution in [3.05, 3.63) is 23.2 Å². The molecule has 8 heteroatoms. The van der Waals surface area contributed by atoms with Gasteiger partial charge in [-0.05, 0) is 37.5 Å². The number of nitrogens with one attached hydrogen (secondary N) is 1. The zero-order valence-electron chi connectivity index (χ0n) is 14.7. The van der Waals surface area contributed by atoms with E-state index in [1.807, 2.05) is 12.1 Å². The van der Waals surface area contributed by atoms with Crippen molar-refractivity contribution in [3.63, 3.8) is 0 Å². The summed E-state index contributed by atoms with van der Waals surface area (Å²) >= 11 is 7.44. The summed E-state index contributed by atoms with van der Waals surface area (Å²) in [5.41, 5.74) is 0.682. The van der Waals surface area contributed by atoms with Crippen LogP contribution < -0.4 is 5.32 Å². The fourth-order valence-corrected chi connectivity index (χ4v) is 5.08. The maximum absolute atomic E-state index is 12.4.